The second-order valence-electron chi connectivity index (χ2n) is 5.22. The quantitative estimate of drug-likeness (QED) is 0.764. The number of rotatable bonds is 4. The number of halogens is 1. The highest BCUT2D eigenvalue weighted by molar-refractivity contribution is 6.04. The summed E-state index contributed by atoms with van der Waals surface area (Å²) >= 11 is 0. The Kier molecular flexibility index (Phi) is 4.47. The molecule has 0 atom stereocenters. The Morgan fingerprint density at radius 1 is 1.04 bits per heavy atom. The van der Waals surface area contributed by atoms with Gasteiger partial charge in [0.05, 0.1) is 5.69 Å². The van der Waals surface area contributed by atoms with Gasteiger partial charge >= 0.3 is 0 Å². The van der Waals surface area contributed by atoms with Crippen LogP contribution in [0.5, 0.6) is 0 Å². The molecule has 1 aromatic heterocycles. The summed E-state index contributed by atoms with van der Waals surface area (Å²) < 4.78 is 13.8. The van der Waals surface area contributed by atoms with Gasteiger partial charge in [0.15, 0.2) is 0 Å². The Hall–Kier alpha value is -3.28. The Morgan fingerprint density at radius 3 is 2.58 bits per heavy atom. The summed E-state index contributed by atoms with van der Waals surface area (Å²) in [6, 6.07) is 13.2. The first-order valence-electron chi connectivity index (χ1n) is 7.33. The van der Waals surface area contributed by atoms with Crippen molar-refractivity contribution in [1.82, 2.24) is 9.97 Å². The van der Waals surface area contributed by atoms with Crippen LogP contribution in [0.1, 0.15) is 15.9 Å². The molecule has 0 radical (unpaired) electrons. The van der Waals surface area contributed by atoms with Crippen molar-refractivity contribution in [2.24, 2.45) is 0 Å². The first kappa shape index (κ1) is 15.6. The van der Waals surface area contributed by atoms with Crippen LogP contribution in [0.25, 0.3) is 0 Å². The average Bonchev–Trinajstić information content (AvgIpc) is 2.58. The van der Waals surface area contributed by atoms with Gasteiger partial charge in [0.1, 0.15) is 5.82 Å². The summed E-state index contributed by atoms with van der Waals surface area (Å²) in [7, 11) is 0. The minimum atomic E-state index is -0.463. The van der Waals surface area contributed by atoms with Crippen LogP contribution < -0.4 is 10.6 Å². The fourth-order valence-corrected chi connectivity index (χ4v) is 2.15. The highest BCUT2D eigenvalue weighted by Gasteiger charge is 2.10. The van der Waals surface area contributed by atoms with Crippen LogP contribution in [-0.2, 0) is 0 Å². The van der Waals surface area contributed by atoms with Crippen LogP contribution in [0.4, 0.5) is 21.7 Å². The van der Waals surface area contributed by atoms with Crippen molar-refractivity contribution in [3.63, 3.8) is 0 Å². The number of nitrogens with one attached hydrogen (secondary N) is 2. The minimum absolute atomic E-state index is 0.148. The van der Waals surface area contributed by atoms with E-state index in [-0.39, 0.29) is 5.69 Å². The highest BCUT2D eigenvalue weighted by Crippen LogP contribution is 2.18. The Balaban J connectivity index is 1.77. The van der Waals surface area contributed by atoms with Crippen molar-refractivity contribution >= 4 is 23.2 Å². The third-order valence-corrected chi connectivity index (χ3v) is 3.32. The maximum atomic E-state index is 13.8. The lowest BCUT2D eigenvalue weighted by molar-refractivity contribution is 0.102. The van der Waals surface area contributed by atoms with Crippen LogP contribution in [0.15, 0.2) is 60.9 Å². The largest absolute Gasteiger partial charge is 0.324 e. The van der Waals surface area contributed by atoms with E-state index in [1.807, 2.05) is 0 Å². The molecule has 0 fully saturated rings. The van der Waals surface area contributed by atoms with E-state index in [1.165, 1.54) is 6.07 Å². The Morgan fingerprint density at radius 2 is 1.83 bits per heavy atom. The molecule has 120 valence electrons. The second kappa shape index (κ2) is 6.87. The summed E-state index contributed by atoms with van der Waals surface area (Å²) in [6.45, 7) is 1.79. The topological polar surface area (TPSA) is 66.9 Å². The lowest BCUT2D eigenvalue weighted by Crippen LogP contribution is -2.13. The summed E-state index contributed by atoms with van der Waals surface area (Å²) in [5.74, 6) is -0.426. The number of nitrogens with zero attached hydrogens (tertiary/aromatic N) is 2. The number of benzene rings is 2. The fourth-order valence-electron chi connectivity index (χ4n) is 2.15. The van der Waals surface area contributed by atoms with Crippen molar-refractivity contribution in [3.8, 4) is 0 Å². The van der Waals surface area contributed by atoms with Crippen LogP contribution in [-0.4, -0.2) is 15.9 Å². The van der Waals surface area contributed by atoms with Gasteiger partial charge in [0.2, 0.25) is 5.95 Å². The van der Waals surface area contributed by atoms with Gasteiger partial charge in [-0.2, -0.15) is 0 Å². The molecule has 1 heterocycles. The molecule has 1 amide bonds. The van der Waals surface area contributed by atoms with Gasteiger partial charge in [-0.1, -0.05) is 12.1 Å². The van der Waals surface area contributed by atoms with Gasteiger partial charge < -0.3 is 10.6 Å². The van der Waals surface area contributed by atoms with Crippen molar-refractivity contribution in [2.45, 2.75) is 6.92 Å². The van der Waals surface area contributed by atoms with Gasteiger partial charge in [0.25, 0.3) is 5.91 Å². The van der Waals surface area contributed by atoms with E-state index in [0.717, 1.165) is 5.56 Å². The van der Waals surface area contributed by atoms with Gasteiger partial charge in [-0.15, -0.1) is 0 Å². The molecule has 0 saturated carbocycles. The molecule has 0 unspecified atom stereocenters. The van der Waals surface area contributed by atoms with Crippen LogP contribution >= 0.6 is 0 Å². The van der Waals surface area contributed by atoms with E-state index in [4.69, 9.17) is 0 Å². The number of hydrogen-bond acceptors (Lipinski definition) is 4. The van der Waals surface area contributed by atoms with Gasteiger partial charge in [-0.3, -0.25) is 4.79 Å². The minimum Gasteiger partial charge on any atom is -0.324 e. The van der Waals surface area contributed by atoms with Crippen LogP contribution in [0.2, 0.25) is 0 Å². The monoisotopic (exact) mass is 322 g/mol. The lowest BCUT2D eigenvalue weighted by atomic mass is 10.1. The van der Waals surface area contributed by atoms with Gasteiger partial charge in [-0.05, 0) is 48.9 Å². The van der Waals surface area contributed by atoms with E-state index in [0.29, 0.717) is 17.2 Å². The molecule has 0 saturated heterocycles. The van der Waals surface area contributed by atoms with Crippen molar-refractivity contribution < 1.29 is 9.18 Å². The number of amides is 1. The smallest absolute Gasteiger partial charge is 0.255 e. The molecular weight excluding hydrogens is 307 g/mol. The average molecular weight is 322 g/mol. The maximum Gasteiger partial charge on any atom is 0.255 e. The standard InChI is InChI=1S/C18H15FN4O/c1-12-6-7-16(15(19)10-12)23-17(24)13-4-2-5-14(11-13)22-18-20-8-3-9-21-18/h2-11H,1H3,(H,23,24)(H,20,21,22). The number of hydrogen-bond donors (Lipinski definition) is 2. The summed E-state index contributed by atoms with van der Waals surface area (Å²) in [4.78, 5) is 20.4. The van der Waals surface area contributed by atoms with Gasteiger partial charge in [0, 0.05) is 23.6 Å². The van der Waals surface area contributed by atoms with Crippen molar-refractivity contribution in [2.75, 3.05) is 10.6 Å². The number of anilines is 3. The zero-order valence-corrected chi connectivity index (χ0v) is 13.0. The lowest BCUT2D eigenvalue weighted by Gasteiger charge is -2.09. The normalized spacial score (nSPS) is 10.2. The highest BCUT2D eigenvalue weighted by atomic mass is 19.1. The number of aryl methyl sites for hydroxylation is 1. The van der Waals surface area contributed by atoms with E-state index < -0.39 is 11.7 Å². The molecule has 0 bridgehead atoms. The third-order valence-electron chi connectivity index (χ3n) is 3.32. The molecule has 2 aromatic carbocycles. The molecular formula is C18H15FN4O. The predicted molar refractivity (Wildman–Crippen MR) is 90.8 cm³/mol. The first-order valence-corrected chi connectivity index (χ1v) is 7.33. The first-order chi connectivity index (χ1) is 11.6. The van der Waals surface area contributed by atoms with Crippen LogP contribution in [0.3, 0.4) is 0 Å². The van der Waals surface area contributed by atoms with E-state index in [9.17, 15) is 9.18 Å². The second-order valence-corrected chi connectivity index (χ2v) is 5.22. The number of carbonyl (C=O) groups excluding carboxylic acids is 1. The molecule has 5 nitrogen and oxygen atoms in total. The maximum absolute atomic E-state index is 13.8. The molecule has 3 aromatic rings. The van der Waals surface area contributed by atoms with E-state index in [1.54, 1.807) is 61.8 Å². The van der Waals surface area contributed by atoms with Crippen molar-refractivity contribution in [1.29, 1.82) is 0 Å². The molecule has 24 heavy (non-hydrogen) atoms. The Labute approximate surface area is 138 Å². The third kappa shape index (κ3) is 3.73. The van der Waals surface area contributed by atoms with Gasteiger partial charge in [-0.25, -0.2) is 14.4 Å². The van der Waals surface area contributed by atoms with E-state index in [2.05, 4.69) is 20.6 Å². The number of carbonyl (C=O) groups is 1. The zero-order chi connectivity index (χ0) is 16.9. The predicted octanol–water partition coefficient (Wildman–Crippen LogP) is 3.92. The molecule has 0 aliphatic rings. The molecule has 6 heteroatoms. The van der Waals surface area contributed by atoms with E-state index >= 15 is 0 Å². The Bertz CT molecular complexity index is 868. The van der Waals surface area contributed by atoms with Crippen LogP contribution in [0, 0.1) is 12.7 Å². The zero-order valence-electron chi connectivity index (χ0n) is 13.0. The SMILES string of the molecule is Cc1ccc(NC(=O)c2cccc(Nc3ncccn3)c2)c(F)c1. The molecule has 0 aliphatic carbocycles. The number of aromatic nitrogens is 2. The summed E-state index contributed by atoms with van der Waals surface area (Å²) in [5.41, 5.74) is 2.00. The molecule has 3 rings (SSSR count). The molecule has 0 aliphatic heterocycles. The molecule has 0 spiro atoms. The summed E-state index contributed by atoms with van der Waals surface area (Å²) in [6.07, 6.45) is 3.23. The summed E-state index contributed by atoms with van der Waals surface area (Å²) in [5, 5.41) is 5.58. The molecule has 2 N–H and O–H groups in total. The van der Waals surface area contributed by atoms with Crippen molar-refractivity contribution in [3.05, 3.63) is 77.9 Å². The fraction of sp³-hybridized carbons (Fsp3) is 0.0556.